The van der Waals surface area contributed by atoms with Crippen molar-refractivity contribution in [3.63, 3.8) is 0 Å². The maximum atomic E-state index is 5.36. The van der Waals surface area contributed by atoms with E-state index in [1.807, 2.05) is 30.3 Å². The molecule has 7 nitrogen and oxygen atoms in total. The number of hydrogen-bond acceptors (Lipinski definition) is 6. The number of methoxy groups -OCH3 is 2. The highest BCUT2D eigenvalue weighted by Crippen LogP contribution is 2.23. The van der Waals surface area contributed by atoms with Gasteiger partial charge >= 0.3 is 0 Å². The summed E-state index contributed by atoms with van der Waals surface area (Å²) in [6, 6.07) is 9.66. The van der Waals surface area contributed by atoms with Crippen molar-refractivity contribution in [3.8, 4) is 11.6 Å². The summed E-state index contributed by atoms with van der Waals surface area (Å²) in [6.45, 7) is 2.60. The Balaban J connectivity index is 1.61. The number of thiocarbonyl (C=S) groups is 1. The molecule has 0 spiro atoms. The molecule has 0 unspecified atom stereocenters. The number of nitrogens with zero attached hydrogens (tertiary/aromatic N) is 3. The summed E-state index contributed by atoms with van der Waals surface area (Å²) in [5, 5.41) is 6.66. The first-order chi connectivity index (χ1) is 12.7. The molecule has 2 aromatic rings. The van der Waals surface area contributed by atoms with Gasteiger partial charge in [0, 0.05) is 25.7 Å². The predicted octanol–water partition coefficient (Wildman–Crippen LogP) is 2.58. The summed E-state index contributed by atoms with van der Waals surface area (Å²) >= 11 is 5.36. The largest absolute Gasteiger partial charge is 0.497 e. The third kappa shape index (κ3) is 4.72. The van der Waals surface area contributed by atoms with Crippen molar-refractivity contribution in [2.45, 2.75) is 19.4 Å². The van der Waals surface area contributed by atoms with E-state index in [0.29, 0.717) is 23.5 Å². The van der Waals surface area contributed by atoms with Gasteiger partial charge in [0.15, 0.2) is 5.11 Å². The molecule has 138 valence electrons. The lowest BCUT2D eigenvalue weighted by Crippen LogP contribution is -2.29. The molecule has 0 atom stereocenters. The van der Waals surface area contributed by atoms with Crippen LogP contribution >= 0.6 is 12.2 Å². The van der Waals surface area contributed by atoms with Gasteiger partial charge in [-0.15, -0.1) is 0 Å². The zero-order valence-electron chi connectivity index (χ0n) is 15.0. The molecule has 2 heterocycles. The summed E-state index contributed by atoms with van der Waals surface area (Å²) < 4.78 is 10.5. The molecule has 1 aliphatic rings. The number of anilines is 2. The Morgan fingerprint density at radius 2 is 1.85 bits per heavy atom. The van der Waals surface area contributed by atoms with E-state index in [0.717, 1.165) is 30.2 Å². The first-order valence-electron chi connectivity index (χ1n) is 8.54. The third-order valence-corrected chi connectivity index (χ3v) is 4.41. The molecule has 1 aromatic heterocycles. The Labute approximate surface area is 158 Å². The highest BCUT2D eigenvalue weighted by molar-refractivity contribution is 7.80. The molecule has 8 heteroatoms. The molecule has 0 bridgehead atoms. The topological polar surface area (TPSA) is 71.5 Å². The van der Waals surface area contributed by atoms with Gasteiger partial charge in [0.25, 0.3) is 0 Å². The molecule has 3 rings (SSSR count). The van der Waals surface area contributed by atoms with Gasteiger partial charge < -0.3 is 25.0 Å². The standard InChI is InChI=1S/C18H23N5O2S/c1-24-14-7-5-13(6-8-14)12-19-18(26)22-17-20-15(11-16(21-17)25-2)23-9-3-4-10-23/h5-8,11H,3-4,9-10,12H2,1-2H3,(H2,19,20,21,22,26). The molecule has 0 radical (unpaired) electrons. The third-order valence-electron chi connectivity index (χ3n) is 4.17. The van der Waals surface area contributed by atoms with E-state index in [1.54, 1.807) is 14.2 Å². The fourth-order valence-corrected chi connectivity index (χ4v) is 2.92. The molecule has 26 heavy (non-hydrogen) atoms. The highest BCUT2D eigenvalue weighted by Gasteiger charge is 2.16. The fourth-order valence-electron chi connectivity index (χ4n) is 2.75. The van der Waals surface area contributed by atoms with Crippen molar-refractivity contribution in [3.05, 3.63) is 35.9 Å². The molecule has 1 fully saturated rings. The number of rotatable bonds is 6. The van der Waals surface area contributed by atoms with Crippen LogP contribution in [0.4, 0.5) is 11.8 Å². The van der Waals surface area contributed by atoms with Crippen molar-refractivity contribution >= 4 is 29.1 Å². The van der Waals surface area contributed by atoms with Crippen LogP contribution in [0.2, 0.25) is 0 Å². The molecule has 1 aromatic carbocycles. The van der Waals surface area contributed by atoms with Crippen LogP contribution in [0.15, 0.2) is 30.3 Å². The van der Waals surface area contributed by atoms with Gasteiger partial charge in [-0.1, -0.05) is 12.1 Å². The first kappa shape index (κ1) is 18.2. The van der Waals surface area contributed by atoms with Crippen LogP contribution in [0, 0.1) is 0 Å². The van der Waals surface area contributed by atoms with Gasteiger partial charge in [-0.05, 0) is 42.8 Å². The minimum absolute atomic E-state index is 0.429. The second-order valence-electron chi connectivity index (χ2n) is 5.94. The fraction of sp³-hybridized carbons (Fsp3) is 0.389. The summed E-state index contributed by atoms with van der Waals surface area (Å²) in [7, 11) is 3.25. The maximum absolute atomic E-state index is 5.36. The molecular formula is C18H23N5O2S. The second kappa shape index (κ2) is 8.66. The SMILES string of the molecule is COc1ccc(CNC(=S)Nc2nc(OC)cc(N3CCCC3)n2)cc1. The summed E-state index contributed by atoms with van der Waals surface area (Å²) in [6.07, 6.45) is 2.35. The van der Waals surface area contributed by atoms with Gasteiger partial charge in [-0.25, -0.2) is 0 Å². The molecule has 0 aliphatic carbocycles. The van der Waals surface area contributed by atoms with Crippen LogP contribution in [0.25, 0.3) is 0 Å². The van der Waals surface area contributed by atoms with Crippen LogP contribution in [-0.4, -0.2) is 42.4 Å². The van der Waals surface area contributed by atoms with Gasteiger partial charge in [-0.3, -0.25) is 0 Å². The number of ether oxygens (including phenoxy) is 2. The van der Waals surface area contributed by atoms with Crippen molar-refractivity contribution in [2.75, 3.05) is 37.5 Å². The summed E-state index contributed by atoms with van der Waals surface area (Å²) in [5.41, 5.74) is 1.10. The molecular weight excluding hydrogens is 350 g/mol. The Bertz CT molecular complexity index is 748. The normalized spacial score (nSPS) is 13.4. The lowest BCUT2D eigenvalue weighted by Gasteiger charge is -2.18. The minimum Gasteiger partial charge on any atom is -0.497 e. The van der Waals surface area contributed by atoms with E-state index in [1.165, 1.54) is 12.8 Å². The monoisotopic (exact) mass is 373 g/mol. The highest BCUT2D eigenvalue weighted by atomic mass is 32.1. The Hall–Kier alpha value is -2.61. The van der Waals surface area contributed by atoms with E-state index in [2.05, 4.69) is 25.5 Å². The number of nitrogens with one attached hydrogen (secondary N) is 2. The molecule has 2 N–H and O–H groups in total. The van der Waals surface area contributed by atoms with E-state index in [-0.39, 0.29) is 0 Å². The van der Waals surface area contributed by atoms with Crippen LogP contribution in [0.5, 0.6) is 11.6 Å². The van der Waals surface area contributed by atoms with Gasteiger partial charge in [0.2, 0.25) is 11.8 Å². The average Bonchev–Trinajstić information content (AvgIpc) is 3.21. The Morgan fingerprint density at radius 3 is 2.50 bits per heavy atom. The van der Waals surface area contributed by atoms with Crippen molar-refractivity contribution < 1.29 is 9.47 Å². The van der Waals surface area contributed by atoms with Crippen LogP contribution in [-0.2, 0) is 6.54 Å². The zero-order chi connectivity index (χ0) is 18.4. The Morgan fingerprint density at radius 1 is 1.12 bits per heavy atom. The first-order valence-corrected chi connectivity index (χ1v) is 8.94. The molecule has 1 aliphatic heterocycles. The summed E-state index contributed by atoms with van der Waals surface area (Å²) in [4.78, 5) is 11.1. The predicted molar refractivity (Wildman–Crippen MR) is 106 cm³/mol. The van der Waals surface area contributed by atoms with Gasteiger partial charge in [-0.2, -0.15) is 9.97 Å². The Kier molecular flexibility index (Phi) is 6.06. The molecule has 0 saturated carbocycles. The lowest BCUT2D eigenvalue weighted by molar-refractivity contribution is 0.397. The van der Waals surface area contributed by atoms with E-state index in [4.69, 9.17) is 21.7 Å². The van der Waals surface area contributed by atoms with Crippen molar-refractivity contribution in [1.82, 2.24) is 15.3 Å². The quantitative estimate of drug-likeness (QED) is 0.749. The van der Waals surface area contributed by atoms with Crippen LogP contribution in [0.1, 0.15) is 18.4 Å². The second-order valence-corrected chi connectivity index (χ2v) is 6.35. The molecule has 1 saturated heterocycles. The van der Waals surface area contributed by atoms with Crippen molar-refractivity contribution in [1.29, 1.82) is 0 Å². The average molecular weight is 373 g/mol. The number of hydrogen-bond donors (Lipinski definition) is 2. The van der Waals surface area contributed by atoms with Crippen LogP contribution < -0.4 is 25.0 Å². The zero-order valence-corrected chi connectivity index (χ0v) is 15.8. The van der Waals surface area contributed by atoms with Crippen LogP contribution in [0.3, 0.4) is 0 Å². The summed E-state index contributed by atoms with van der Waals surface area (Å²) in [5.74, 6) is 2.63. The number of aromatic nitrogens is 2. The smallest absolute Gasteiger partial charge is 0.234 e. The van der Waals surface area contributed by atoms with E-state index < -0.39 is 0 Å². The number of benzene rings is 1. The lowest BCUT2D eigenvalue weighted by atomic mass is 10.2. The maximum Gasteiger partial charge on any atom is 0.234 e. The van der Waals surface area contributed by atoms with E-state index in [9.17, 15) is 0 Å². The van der Waals surface area contributed by atoms with Gasteiger partial charge in [0.05, 0.1) is 14.2 Å². The molecule has 0 amide bonds. The van der Waals surface area contributed by atoms with Crippen molar-refractivity contribution in [2.24, 2.45) is 0 Å². The van der Waals surface area contributed by atoms with E-state index >= 15 is 0 Å². The van der Waals surface area contributed by atoms with Gasteiger partial charge in [0.1, 0.15) is 11.6 Å². The minimum atomic E-state index is 0.429.